The van der Waals surface area contributed by atoms with Crippen LogP contribution in [0.1, 0.15) is 44.7 Å². The number of hydrogen-bond donors (Lipinski definition) is 0. The Morgan fingerprint density at radius 2 is 1.56 bits per heavy atom. The number of halogens is 1. The molecular weight excluding hydrogens is 518 g/mol. The van der Waals surface area contributed by atoms with E-state index in [9.17, 15) is 14.4 Å². The number of anilines is 1. The zero-order valence-electron chi connectivity index (χ0n) is 21.9. The Balaban J connectivity index is 1.71. The first-order valence-corrected chi connectivity index (χ1v) is 12.9. The van der Waals surface area contributed by atoms with Crippen molar-refractivity contribution < 1.29 is 28.6 Å². The van der Waals surface area contributed by atoms with Crippen LogP contribution in [-0.4, -0.2) is 50.8 Å². The largest absolute Gasteiger partial charge is 0.493 e. The first-order chi connectivity index (χ1) is 18.8. The minimum absolute atomic E-state index is 0.188. The van der Waals surface area contributed by atoms with Crippen LogP contribution in [0.15, 0.2) is 60.7 Å². The summed E-state index contributed by atoms with van der Waals surface area (Å²) in [6.45, 7) is 1.49. The average molecular weight is 544 g/mol. The van der Waals surface area contributed by atoms with E-state index in [-0.39, 0.29) is 17.3 Å². The highest BCUT2D eigenvalue weighted by Gasteiger charge is 2.71. The molecule has 0 N–H and O–H groups in total. The number of benzene rings is 3. The van der Waals surface area contributed by atoms with Gasteiger partial charge in [-0.25, -0.2) is 0 Å². The maximum absolute atomic E-state index is 14.6. The third-order valence-corrected chi connectivity index (χ3v) is 8.49. The number of hydrogen-bond acceptors (Lipinski definition) is 7. The number of ether oxygens (including phenoxy) is 3. The monoisotopic (exact) mass is 543 g/mol. The number of carbonyl (C=O) groups excluding carboxylic acids is 3. The summed E-state index contributed by atoms with van der Waals surface area (Å²) in [6.07, 6.45) is 3.72. The maximum atomic E-state index is 14.6. The van der Waals surface area contributed by atoms with Crippen LogP contribution in [0.4, 0.5) is 5.69 Å². The van der Waals surface area contributed by atoms with E-state index in [1.54, 1.807) is 42.5 Å². The van der Waals surface area contributed by atoms with Gasteiger partial charge in [-0.15, -0.1) is 0 Å². The quantitative estimate of drug-likeness (QED) is 0.399. The third-order valence-electron chi connectivity index (χ3n) is 8.25. The smallest absolute Gasteiger partial charge is 0.203 e. The topological polar surface area (TPSA) is 82.1 Å². The van der Waals surface area contributed by atoms with Crippen molar-refractivity contribution in [3.05, 3.63) is 87.9 Å². The van der Waals surface area contributed by atoms with Gasteiger partial charge in [0.2, 0.25) is 5.75 Å². The van der Waals surface area contributed by atoms with E-state index >= 15 is 0 Å². The van der Waals surface area contributed by atoms with E-state index in [1.807, 2.05) is 29.2 Å². The molecule has 7 nitrogen and oxygen atoms in total. The van der Waals surface area contributed by atoms with Crippen LogP contribution in [0.3, 0.4) is 0 Å². The van der Waals surface area contributed by atoms with Crippen molar-refractivity contribution in [1.29, 1.82) is 0 Å². The van der Waals surface area contributed by atoms with Crippen LogP contribution in [0, 0.1) is 5.41 Å². The molecule has 0 aromatic heterocycles. The molecule has 8 heteroatoms. The third kappa shape index (κ3) is 3.20. The van der Waals surface area contributed by atoms with E-state index in [4.69, 9.17) is 25.8 Å². The molecule has 2 heterocycles. The minimum Gasteiger partial charge on any atom is -0.493 e. The van der Waals surface area contributed by atoms with Crippen LogP contribution in [0.25, 0.3) is 6.08 Å². The van der Waals surface area contributed by atoms with Gasteiger partial charge in [-0.2, -0.15) is 0 Å². The SMILES string of the molecule is COc1ccc([C@H]2[C@H](C(C)=O)N3c4ccc(Cl)cc4C=C[C@H]3C23C(=O)c2ccccc2C3=O)c(OC)c1OC. The lowest BCUT2D eigenvalue weighted by molar-refractivity contribution is -0.118. The molecule has 3 atom stereocenters. The van der Waals surface area contributed by atoms with Crippen LogP contribution < -0.4 is 19.1 Å². The molecule has 0 bridgehead atoms. The number of nitrogens with zero attached hydrogens (tertiary/aromatic N) is 1. The highest BCUT2D eigenvalue weighted by atomic mass is 35.5. The van der Waals surface area contributed by atoms with E-state index in [0.717, 1.165) is 11.3 Å². The molecule has 2 aliphatic heterocycles. The summed E-state index contributed by atoms with van der Waals surface area (Å²) in [7, 11) is 4.49. The Bertz CT molecular complexity index is 1560. The lowest BCUT2D eigenvalue weighted by atomic mass is 9.64. The summed E-state index contributed by atoms with van der Waals surface area (Å²) in [4.78, 5) is 44.7. The molecule has 1 fully saturated rings. The lowest BCUT2D eigenvalue weighted by Gasteiger charge is -2.37. The molecule has 1 aliphatic carbocycles. The molecule has 0 radical (unpaired) electrons. The number of Topliss-reactive ketones (excluding diaryl/α,β-unsaturated/α-hetero) is 3. The van der Waals surface area contributed by atoms with Gasteiger partial charge in [0.15, 0.2) is 28.8 Å². The first-order valence-electron chi connectivity index (χ1n) is 12.5. The molecule has 0 unspecified atom stereocenters. The Hall–Kier alpha value is -4.10. The second-order valence-corrected chi connectivity index (χ2v) is 10.4. The molecule has 3 aromatic carbocycles. The predicted molar refractivity (Wildman–Crippen MR) is 148 cm³/mol. The minimum atomic E-state index is -1.62. The van der Waals surface area contributed by atoms with Crippen molar-refractivity contribution in [3.8, 4) is 17.2 Å². The highest BCUT2D eigenvalue weighted by molar-refractivity contribution is 6.32. The second-order valence-electron chi connectivity index (χ2n) is 9.94. The van der Waals surface area contributed by atoms with Gasteiger partial charge in [-0.1, -0.05) is 54.1 Å². The van der Waals surface area contributed by atoms with Gasteiger partial charge >= 0.3 is 0 Å². The van der Waals surface area contributed by atoms with Crippen LogP contribution >= 0.6 is 11.6 Å². The van der Waals surface area contributed by atoms with Gasteiger partial charge in [-0.3, -0.25) is 14.4 Å². The molecule has 6 rings (SSSR count). The number of ketones is 3. The van der Waals surface area contributed by atoms with Crippen LogP contribution in [0.2, 0.25) is 5.02 Å². The molecule has 198 valence electrons. The van der Waals surface area contributed by atoms with Crippen LogP contribution in [-0.2, 0) is 4.79 Å². The number of rotatable bonds is 5. The fourth-order valence-electron chi connectivity index (χ4n) is 6.81. The molecule has 0 saturated carbocycles. The Labute approximate surface area is 230 Å². The molecule has 39 heavy (non-hydrogen) atoms. The van der Waals surface area contributed by atoms with E-state index in [0.29, 0.717) is 39.0 Å². The van der Waals surface area contributed by atoms with Gasteiger partial charge in [0.05, 0.1) is 33.4 Å². The first kappa shape index (κ1) is 25.2. The average Bonchev–Trinajstić information content (AvgIpc) is 3.38. The summed E-state index contributed by atoms with van der Waals surface area (Å²) >= 11 is 6.30. The zero-order chi connectivity index (χ0) is 27.6. The molecule has 0 amide bonds. The molecule has 1 spiro atoms. The summed E-state index contributed by atoms with van der Waals surface area (Å²) in [6, 6.07) is 14.1. The fraction of sp³-hybridized carbons (Fsp3) is 0.258. The lowest BCUT2D eigenvalue weighted by Crippen LogP contribution is -2.48. The van der Waals surface area contributed by atoms with E-state index in [1.165, 1.54) is 28.3 Å². The summed E-state index contributed by atoms with van der Waals surface area (Å²) in [5.74, 6) is -0.659. The Morgan fingerprint density at radius 1 is 0.897 bits per heavy atom. The summed E-state index contributed by atoms with van der Waals surface area (Å²) in [5.41, 5.74) is 1.13. The van der Waals surface area contributed by atoms with Gasteiger partial charge < -0.3 is 19.1 Å². The van der Waals surface area contributed by atoms with E-state index in [2.05, 4.69) is 0 Å². The van der Waals surface area contributed by atoms with Gasteiger partial charge in [0, 0.05) is 33.3 Å². The molecule has 3 aliphatic rings. The number of fused-ring (bicyclic) bond motifs is 5. The maximum Gasteiger partial charge on any atom is 0.203 e. The molecular formula is C31H26ClNO6. The number of carbonyl (C=O) groups is 3. The number of methoxy groups -OCH3 is 3. The van der Waals surface area contributed by atoms with Crippen molar-refractivity contribution in [3.63, 3.8) is 0 Å². The molecule has 3 aromatic rings. The standard InChI is InChI=1S/C31H26ClNO6/c1-16(34)26-25(21-11-13-23(37-2)28(39-4)27(21)38-3)31(29(35)19-7-5-6-8-20(19)30(31)36)24-14-9-17-15-18(32)10-12-22(17)33(24)26/h5-15,24-26H,1-4H3/t24-,25-,26-/m0/s1. The van der Waals surface area contributed by atoms with Crippen molar-refractivity contribution in [2.45, 2.75) is 24.9 Å². The zero-order valence-corrected chi connectivity index (χ0v) is 22.6. The Morgan fingerprint density at radius 3 is 2.15 bits per heavy atom. The highest BCUT2D eigenvalue weighted by Crippen LogP contribution is 2.62. The summed E-state index contributed by atoms with van der Waals surface area (Å²) < 4.78 is 17.0. The Kier molecular flexibility index (Phi) is 5.81. The molecule has 1 saturated heterocycles. The van der Waals surface area contributed by atoms with Crippen molar-refractivity contribution >= 4 is 40.7 Å². The normalized spacial score (nSPS) is 22.0. The van der Waals surface area contributed by atoms with Crippen LogP contribution in [0.5, 0.6) is 17.2 Å². The fourth-order valence-corrected chi connectivity index (χ4v) is 6.99. The van der Waals surface area contributed by atoms with Crippen molar-refractivity contribution in [1.82, 2.24) is 0 Å². The van der Waals surface area contributed by atoms with Gasteiger partial charge in [0.25, 0.3) is 0 Å². The van der Waals surface area contributed by atoms with Crippen molar-refractivity contribution in [2.24, 2.45) is 5.41 Å². The van der Waals surface area contributed by atoms with E-state index < -0.39 is 23.4 Å². The van der Waals surface area contributed by atoms with Crippen molar-refractivity contribution in [2.75, 3.05) is 26.2 Å². The summed E-state index contributed by atoms with van der Waals surface area (Å²) in [5, 5.41) is 0.545. The van der Waals surface area contributed by atoms with Gasteiger partial charge in [-0.05, 0) is 36.8 Å². The van der Waals surface area contributed by atoms with Gasteiger partial charge in [0.1, 0.15) is 5.41 Å². The predicted octanol–water partition coefficient (Wildman–Crippen LogP) is 5.39. The second kappa shape index (κ2) is 8.99.